The fraction of sp³-hybridized carbons (Fsp3) is 0.412. The molecule has 2 amide bonds. The number of rotatable bonds is 5. The molecule has 3 rings (SSSR count). The molecule has 1 saturated heterocycles. The minimum absolute atomic E-state index is 0.0597. The van der Waals surface area contributed by atoms with Gasteiger partial charge in [-0.1, -0.05) is 23.4 Å². The first-order valence-electron chi connectivity index (χ1n) is 8.43. The van der Waals surface area contributed by atoms with Gasteiger partial charge in [-0.25, -0.2) is 0 Å². The van der Waals surface area contributed by atoms with E-state index >= 15 is 0 Å². The summed E-state index contributed by atoms with van der Waals surface area (Å²) in [6.07, 6.45) is 3.15. The van der Waals surface area contributed by atoms with E-state index in [2.05, 4.69) is 15.6 Å². The predicted molar refractivity (Wildman–Crippen MR) is 92.8 cm³/mol. The molecule has 1 aliphatic rings. The molecule has 3 N–H and O–H groups in total. The summed E-state index contributed by atoms with van der Waals surface area (Å²) in [7, 11) is 0. The topological polar surface area (TPSA) is 106 Å². The van der Waals surface area contributed by atoms with Gasteiger partial charge in [0.1, 0.15) is 0 Å². The van der Waals surface area contributed by atoms with Crippen LogP contribution in [0.3, 0.4) is 0 Å². The number of anilines is 1. The number of hydrogen-bond acceptors (Lipinski definition) is 5. The summed E-state index contributed by atoms with van der Waals surface area (Å²) in [5.41, 5.74) is 6.53. The Morgan fingerprint density at radius 2 is 2.08 bits per heavy atom. The number of piperidine rings is 1. The van der Waals surface area contributed by atoms with Gasteiger partial charge >= 0.3 is 0 Å². The molecule has 2 aromatic rings. The summed E-state index contributed by atoms with van der Waals surface area (Å²) in [6, 6.07) is 9.33. The van der Waals surface area contributed by atoms with Crippen molar-refractivity contribution < 1.29 is 9.59 Å². The van der Waals surface area contributed by atoms with Gasteiger partial charge in [-0.2, -0.15) is 0 Å². The molecular formula is C17H22N6O2. The monoisotopic (exact) mass is 342 g/mol. The van der Waals surface area contributed by atoms with E-state index in [1.165, 1.54) is 0 Å². The zero-order valence-corrected chi connectivity index (χ0v) is 14.0. The first-order valence-corrected chi connectivity index (χ1v) is 8.43. The predicted octanol–water partition coefficient (Wildman–Crippen LogP) is 0.728. The molecule has 1 aliphatic heterocycles. The molecule has 1 fully saturated rings. The number of hydrogen-bond donors (Lipinski definition) is 2. The van der Waals surface area contributed by atoms with Crippen molar-refractivity contribution in [2.45, 2.75) is 19.4 Å². The minimum Gasteiger partial charge on any atom is -0.336 e. The van der Waals surface area contributed by atoms with E-state index in [1.54, 1.807) is 15.8 Å². The van der Waals surface area contributed by atoms with Crippen molar-refractivity contribution in [2.75, 3.05) is 25.0 Å². The van der Waals surface area contributed by atoms with Gasteiger partial charge in [-0.15, -0.1) is 5.10 Å². The Morgan fingerprint density at radius 1 is 1.28 bits per heavy atom. The smallest absolute Gasteiger partial charge is 0.276 e. The van der Waals surface area contributed by atoms with Crippen LogP contribution in [0.15, 0.2) is 36.5 Å². The summed E-state index contributed by atoms with van der Waals surface area (Å²) in [4.78, 5) is 26.7. The van der Waals surface area contributed by atoms with Crippen molar-refractivity contribution in [3.8, 4) is 0 Å². The number of nitrogens with two attached hydrogens (primary N) is 1. The zero-order chi connectivity index (χ0) is 17.6. The van der Waals surface area contributed by atoms with E-state index in [0.717, 1.165) is 18.5 Å². The molecule has 8 nitrogen and oxygen atoms in total. The van der Waals surface area contributed by atoms with Crippen LogP contribution in [0.1, 0.15) is 23.3 Å². The third kappa shape index (κ3) is 4.21. The maximum absolute atomic E-state index is 12.6. The third-order valence-corrected chi connectivity index (χ3v) is 4.24. The molecule has 0 saturated carbocycles. The third-order valence-electron chi connectivity index (χ3n) is 4.24. The van der Waals surface area contributed by atoms with Crippen molar-refractivity contribution in [1.82, 2.24) is 19.9 Å². The highest BCUT2D eigenvalue weighted by Gasteiger charge is 2.30. The average Bonchev–Trinajstić information content (AvgIpc) is 3.11. The van der Waals surface area contributed by atoms with Crippen LogP contribution in [-0.2, 0) is 11.3 Å². The SMILES string of the molecule is NCCn1cc(C(=O)N2CCCC(C(=O)Nc3ccccc3)C2)nn1. The van der Waals surface area contributed by atoms with E-state index in [-0.39, 0.29) is 23.4 Å². The molecule has 1 aromatic carbocycles. The van der Waals surface area contributed by atoms with Gasteiger partial charge < -0.3 is 16.0 Å². The van der Waals surface area contributed by atoms with Crippen molar-refractivity contribution in [2.24, 2.45) is 11.7 Å². The lowest BCUT2D eigenvalue weighted by molar-refractivity contribution is -0.121. The van der Waals surface area contributed by atoms with Crippen LogP contribution in [0, 0.1) is 5.92 Å². The van der Waals surface area contributed by atoms with Crippen molar-refractivity contribution in [3.63, 3.8) is 0 Å². The molecular weight excluding hydrogens is 320 g/mol. The summed E-state index contributed by atoms with van der Waals surface area (Å²) < 4.78 is 1.55. The molecule has 8 heteroatoms. The lowest BCUT2D eigenvalue weighted by Crippen LogP contribution is -2.43. The molecule has 25 heavy (non-hydrogen) atoms. The number of aromatic nitrogens is 3. The zero-order valence-electron chi connectivity index (χ0n) is 14.0. The van der Waals surface area contributed by atoms with Gasteiger partial charge in [0, 0.05) is 25.3 Å². The van der Waals surface area contributed by atoms with Gasteiger partial charge in [0.2, 0.25) is 5.91 Å². The number of nitrogens with one attached hydrogen (secondary N) is 1. The van der Waals surface area contributed by atoms with Crippen LogP contribution in [0.4, 0.5) is 5.69 Å². The number of nitrogens with zero attached hydrogens (tertiary/aromatic N) is 4. The standard InChI is InChI=1S/C17H22N6O2/c18-8-10-23-12-15(20-21-23)17(25)22-9-4-5-13(11-22)16(24)19-14-6-2-1-3-7-14/h1-3,6-7,12-13H,4-5,8-11,18H2,(H,19,24). The van der Waals surface area contributed by atoms with Crippen LogP contribution < -0.4 is 11.1 Å². The lowest BCUT2D eigenvalue weighted by atomic mass is 9.96. The van der Waals surface area contributed by atoms with Gasteiger partial charge in [0.15, 0.2) is 5.69 Å². The van der Waals surface area contributed by atoms with Gasteiger partial charge in [-0.05, 0) is 25.0 Å². The normalized spacial score (nSPS) is 17.3. The average molecular weight is 342 g/mol. The summed E-state index contributed by atoms with van der Waals surface area (Å²) >= 11 is 0. The Labute approximate surface area is 146 Å². The van der Waals surface area contributed by atoms with E-state index in [4.69, 9.17) is 5.73 Å². The van der Waals surface area contributed by atoms with Gasteiger partial charge in [-0.3, -0.25) is 14.3 Å². The van der Waals surface area contributed by atoms with Gasteiger partial charge in [0.05, 0.1) is 18.7 Å². The first kappa shape index (κ1) is 17.1. The molecule has 1 aromatic heterocycles. The van der Waals surface area contributed by atoms with Crippen LogP contribution in [0.25, 0.3) is 0 Å². The Balaban J connectivity index is 1.61. The highest BCUT2D eigenvalue weighted by Crippen LogP contribution is 2.20. The summed E-state index contributed by atoms with van der Waals surface area (Å²) in [6.45, 7) is 1.96. The maximum Gasteiger partial charge on any atom is 0.276 e. The number of amides is 2. The first-order chi connectivity index (χ1) is 12.2. The fourth-order valence-corrected chi connectivity index (χ4v) is 2.94. The quantitative estimate of drug-likeness (QED) is 0.833. The summed E-state index contributed by atoms with van der Waals surface area (Å²) in [5.74, 6) is -0.479. The molecule has 0 radical (unpaired) electrons. The second kappa shape index (κ2) is 7.89. The van der Waals surface area contributed by atoms with Crippen LogP contribution in [0.2, 0.25) is 0 Å². The molecule has 1 atom stereocenters. The fourth-order valence-electron chi connectivity index (χ4n) is 2.94. The van der Waals surface area contributed by atoms with Crippen molar-refractivity contribution in [3.05, 3.63) is 42.2 Å². The molecule has 0 spiro atoms. The van der Waals surface area contributed by atoms with E-state index < -0.39 is 0 Å². The van der Waals surface area contributed by atoms with Crippen LogP contribution >= 0.6 is 0 Å². The molecule has 2 heterocycles. The minimum atomic E-state index is -0.225. The Hall–Kier alpha value is -2.74. The molecule has 0 bridgehead atoms. The van der Waals surface area contributed by atoms with E-state index in [1.807, 2.05) is 30.3 Å². The maximum atomic E-state index is 12.6. The lowest BCUT2D eigenvalue weighted by Gasteiger charge is -2.31. The Bertz CT molecular complexity index is 730. The second-order valence-electron chi connectivity index (χ2n) is 6.10. The number of carbonyl (C=O) groups is 2. The van der Waals surface area contributed by atoms with E-state index in [9.17, 15) is 9.59 Å². The Kier molecular flexibility index (Phi) is 5.39. The number of para-hydroxylation sites is 1. The Morgan fingerprint density at radius 3 is 2.84 bits per heavy atom. The second-order valence-corrected chi connectivity index (χ2v) is 6.10. The van der Waals surface area contributed by atoms with Crippen LogP contribution in [0.5, 0.6) is 0 Å². The number of benzene rings is 1. The van der Waals surface area contributed by atoms with Crippen molar-refractivity contribution >= 4 is 17.5 Å². The van der Waals surface area contributed by atoms with E-state index in [0.29, 0.717) is 26.2 Å². The largest absolute Gasteiger partial charge is 0.336 e. The molecule has 1 unspecified atom stereocenters. The highest BCUT2D eigenvalue weighted by molar-refractivity contribution is 5.95. The number of carbonyl (C=O) groups excluding carboxylic acids is 2. The van der Waals surface area contributed by atoms with Gasteiger partial charge in [0.25, 0.3) is 5.91 Å². The highest BCUT2D eigenvalue weighted by atomic mass is 16.2. The summed E-state index contributed by atoms with van der Waals surface area (Å²) in [5, 5.41) is 10.7. The van der Waals surface area contributed by atoms with Crippen LogP contribution in [-0.4, -0.2) is 51.3 Å². The number of likely N-dealkylation sites (tertiary alicyclic amines) is 1. The van der Waals surface area contributed by atoms with Crippen molar-refractivity contribution in [1.29, 1.82) is 0 Å². The molecule has 132 valence electrons. The molecule has 0 aliphatic carbocycles.